The first kappa shape index (κ1) is 15.1. The summed E-state index contributed by atoms with van der Waals surface area (Å²) in [7, 11) is 1.69. The van der Waals surface area contributed by atoms with Crippen LogP contribution in [0.4, 0.5) is 10.5 Å². The number of carbonyl (C=O) groups excluding carboxylic acids is 2. The van der Waals surface area contributed by atoms with Crippen molar-refractivity contribution in [2.24, 2.45) is 7.05 Å². The molecule has 3 N–H and O–H groups in total. The van der Waals surface area contributed by atoms with Crippen LogP contribution in [-0.4, -0.2) is 29.1 Å². The summed E-state index contributed by atoms with van der Waals surface area (Å²) in [5.41, 5.74) is 1.26. The fourth-order valence-corrected chi connectivity index (χ4v) is 2.65. The third-order valence-corrected chi connectivity index (χ3v) is 3.99. The van der Waals surface area contributed by atoms with Gasteiger partial charge in [0, 0.05) is 37.8 Å². The van der Waals surface area contributed by atoms with E-state index >= 15 is 0 Å². The number of amides is 3. The number of hydrogen-bond acceptors (Lipinski definition) is 3. The van der Waals surface area contributed by atoms with E-state index in [9.17, 15) is 14.4 Å². The summed E-state index contributed by atoms with van der Waals surface area (Å²) in [6.07, 6.45) is 1.05. The molecule has 3 amide bonds. The van der Waals surface area contributed by atoms with Crippen molar-refractivity contribution in [3.05, 3.63) is 40.7 Å². The summed E-state index contributed by atoms with van der Waals surface area (Å²) in [5.74, 6) is 0.0129. The van der Waals surface area contributed by atoms with Crippen molar-refractivity contribution in [2.45, 2.75) is 18.9 Å². The van der Waals surface area contributed by atoms with E-state index in [-0.39, 0.29) is 23.5 Å². The second kappa shape index (κ2) is 6.12. The number of carbonyl (C=O) groups is 2. The zero-order chi connectivity index (χ0) is 16.4. The van der Waals surface area contributed by atoms with Crippen molar-refractivity contribution in [1.82, 2.24) is 15.2 Å². The summed E-state index contributed by atoms with van der Waals surface area (Å²) in [4.78, 5) is 34.8. The number of nitrogens with one attached hydrogen (secondary N) is 3. The highest BCUT2D eigenvalue weighted by molar-refractivity contribution is 5.92. The first-order chi connectivity index (χ1) is 11.0. The van der Waals surface area contributed by atoms with E-state index in [4.69, 9.17) is 0 Å². The molecule has 0 aliphatic carbocycles. The number of aryl methyl sites for hydroxylation is 1. The Morgan fingerprint density at radius 2 is 2.04 bits per heavy atom. The molecular formula is C16H18N4O3. The van der Waals surface area contributed by atoms with E-state index in [1.54, 1.807) is 25.2 Å². The Kier molecular flexibility index (Phi) is 4.01. The van der Waals surface area contributed by atoms with Crippen molar-refractivity contribution >= 4 is 28.5 Å². The van der Waals surface area contributed by atoms with Crippen molar-refractivity contribution in [2.75, 3.05) is 11.9 Å². The number of benzene rings is 1. The van der Waals surface area contributed by atoms with Gasteiger partial charge in [0.2, 0.25) is 5.91 Å². The van der Waals surface area contributed by atoms with E-state index in [0.29, 0.717) is 25.1 Å². The number of rotatable bonds is 2. The molecule has 1 aromatic heterocycles. The van der Waals surface area contributed by atoms with Gasteiger partial charge in [-0.1, -0.05) is 6.07 Å². The van der Waals surface area contributed by atoms with Gasteiger partial charge in [0.25, 0.3) is 5.56 Å². The van der Waals surface area contributed by atoms with Crippen LogP contribution >= 0.6 is 0 Å². The molecule has 1 unspecified atom stereocenters. The van der Waals surface area contributed by atoms with Gasteiger partial charge in [-0.05, 0) is 30.0 Å². The van der Waals surface area contributed by atoms with Crippen molar-refractivity contribution in [1.29, 1.82) is 0 Å². The van der Waals surface area contributed by atoms with Gasteiger partial charge in [-0.2, -0.15) is 0 Å². The maximum Gasteiger partial charge on any atom is 0.319 e. The van der Waals surface area contributed by atoms with Crippen LogP contribution in [0.5, 0.6) is 0 Å². The Bertz CT molecular complexity index is 818. The number of anilines is 1. The minimum Gasteiger partial charge on any atom is -0.354 e. The van der Waals surface area contributed by atoms with Crippen LogP contribution in [-0.2, 0) is 11.8 Å². The number of aromatic nitrogens is 1. The van der Waals surface area contributed by atoms with Crippen LogP contribution < -0.4 is 21.5 Å². The molecule has 1 aliphatic heterocycles. The lowest BCUT2D eigenvalue weighted by molar-refractivity contribution is -0.122. The fourth-order valence-electron chi connectivity index (χ4n) is 2.65. The van der Waals surface area contributed by atoms with E-state index in [0.717, 1.165) is 10.9 Å². The molecule has 0 bridgehead atoms. The van der Waals surface area contributed by atoms with Crippen LogP contribution in [0.3, 0.4) is 0 Å². The Morgan fingerprint density at radius 1 is 1.26 bits per heavy atom. The molecule has 0 radical (unpaired) electrons. The predicted molar refractivity (Wildman–Crippen MR) is 87.4 cm³/mol. The molecule has 120 valence electrons. The van der Waals surface area contributed by atoms with Gasteiger partial charge in [0.05, 0.1) is 5.52 Å². The van der Waals surface area contributed by atoms with E-state index in [2.05, 4.69) is 16.0 Å². The van der Waals surface area contributed by atoms with Crippen LogP contribution in [0.1, 0.15) is 12.8 Å². The molecule has 1 atom stereocenters. The average molecular weight is 314 g/mol. The highest BCUT2D eigenvalue weighted by Gasteiger charge is 2.19. The second-order valence-electron chi connectivity index (χ2n) is 5.64. The molecule has 7 heteroatoms. The lowest BCUT2D eigenvalue weighted by Crippen LogP contribution is -2.48. The fraction of sp³-hybridized carbons (Fsp3) is 0.312. The van der Waals surface area contributed by atoms with E-state index in [1.165, 1.54) is 10.6 Å². The predicted octanol–water partition coefficient (Wildman–Crippen LogP) is 0.939. The number of pyridine rings is 1. The topological polar surface area (TPSA) is 92.2 Å². The van der Waals surface area contributed by atoms with Crippen LogP contribution in [0.2, 0.25) is 0 Å². The number of hydrogen-bond donors (Lipinski definition) is 3. The quantitative estimate of drug-likeness (QED) is 0.770. The Morgan fingerprint density at radius 3 is 2.78 bits per heavy atom. The van der Waals surface area contributed by atoms with E-state index < -0.39 is 0 Å². The first-order valence-corrected chi connectivity index (χ1v) is 7.47. The maximum atomic E-state index is 12.0. The number of urea groups is 1. The first-order valence-electron chi connectivity index (χ1n) is 7.47. The third kappa shape index (κ3) is 3.33. The molecule has 1 aromatic carbocycles. The Labute approximate surface area is 132 Å². The minimum absolute atomic E-state index is 0.0129. The molecule has 1 fully saturated rings. The molecule has 0 saturated carbocycles. The molecular weight excluding hydrogens is 296 g/mol. The molecule has 0 spiro atoms. The Balaban J connectivity index is 1.71. The second-order valence-corrected chi connectivity index (χ2v) is 5.64. The van der Waals surface area contributed by atoms with Crippen molar-refractivity contribution < 1.29 is 9.59 Å². The SMILES string of the molecule is Cn1c(=O)ccc2ccc(NC(=O)NC3CCC(=O)NC3)cc21. The van der Waals surface area contributed by atoms with Crippen molar-refractivity contribution in [3.63, 3.8) is 0 Å². The largest absolute Gasteiger partial charge is 0.354 e. The third-order valence-electron chi connectivity index (χ3n) is 3.99. The van der Waals surface area contributed by atoms with Gasteiger partial charge in [0.15, 0.2) is 0 Å². The lowest BCUT2D eigenvalue weighted by Gasteiger charge is -2.23. The number of fused-ring (bicyclic) bond motifs is 1. The van der Waals surface area contributed by atoms with Gasteiger partial charge in [-0.25, -0.2) is 4.79 Å². The summed E-state index contributed by atoms with van der Waals surface area (Å²) < 4.78 is 1.54. The molecule has 23 heavy (non-hydrogen) atoms. The standard InChI is InChI=1S/C16H18N4O3/c1-20-13-8-11(4-2-10(13)3-7-15(20)22)18-16(23)19-12-5-6-14(21)17-9-12/h2-4,7-8,12H,5-6,9H2,1H3,(H,17,21)(H2,18,19,23). The summed E-state index contributed by atoms with van der Waals surface area (Å²) in [6.45, 7) is 0.443. The summed E-state index contributed by atoms with van der Waals surface area (Å²) in [6, 6.07) is 8.27. The Hall–Kier alpha value is -2.83. The van der Waals surface area contributed by atoms with E-state index in [1.807, 2.05) is 6.07 Å². The molecule has 1 saturated heterocycles. The minimum atomic E-state index is -0.327. The summed E-state index contributed by atoms with van der Waals surface area (Å²) in [5, 5.41) is 9.23. The number of nitrogens with zero attached hydrogens (tertiary/aromatic N) is 1. The number of piperidine rings is 1. The molecule has 7 nitrogen and oxygen atoms in total. The zero-order valence-electron chi connectivity index (χ0n) is 12.8. The highest BCUT2D eigenvalue weighted by Crippen LogP contribution is 2.17. The van der Waals surface area contributed by atoms with Crippen LogP contribution in [0.25, 0.3) is 10.9 Å². The maximum absolute atomic E-state index is 12.0. The molecule has 2 heterocycles. The molecule has 2 aromatic rings. The molecule has 3 rings (SSSR count). The average Bonchev–Trinajstić information content (AvgIpc) is 2.53. The van der Waals surface area contributed by atoms with Crippen molar-refractivity contribution in [3.8, 4) is 0 Å². The monoisotopic (exact) mass is 314 g/mol. The van der Waals surface area contributed by atoms with Gasteiger partial charge < -0.3 is 20.5 Å². The smallest absolute Gasteiger partial charge is 0.319 e. The van der Waals surface area contributed by atoms with Crippen LogP contribution in [0.15, 0.2) is 35.1 Å². The van der Waals surface area contributed by atoms with Crippen LogP contribution in [0, 0.1) is 0 Å². The lowest BCUT2D eigenvalue weighted by atomic mass is 10.1. The van der Waals surface area contributed by atoms with Gasteiger partial charge in [-0.15, -0.1) is 0 Å². The normalized spacial score (nSPS) is 17.6. The van der Waals surface area contributed by atoms with Gasteiger partial charge >= 0.3 is 6.03 Å². The molecule has 1 aliphatic rings. The van der Waals surface area contributed by atoms with Gasteiger partial charge in [-0.3, -0.25) is 9.59 Å². The van der Waals surface area contributed by atoms with Gasteiger partial charge in [0.1, 0.15) is 0 Å². The summed E-state index contributed by atoms with van der Waals surface area (Å²) >= 11 is 0. The zero-order valence-corrected chi connectivity index (χ0v) is 12.8. The highest BCUT2D eigenvalue weighted by atomic mass is 16.2.